The lowest BCUT2D eigenvalue weighted by Crippen LogP contribution is -2.35. The minimum absolute atomic E-state index is 0.226. The molecule has 2 amide bonds. The van der Waals surface area contributed by atoms with E-state index in [1.807, 2.05) is 0 Å². The van der Waals surface area contributed by atoms with Crippen LogP contribution in [0.5, 0.6) is 0 Å². The predicted octanol–water partition coefficient (Wildman–Crippen LogP) is 3.63. The van der Waals surface area contributed by atoms with Crippen LogP contribution in [-0.2, 0) is 9.59 Å². The number of fused-ring (bicyclic) bond motifs is 1. The molecule has 0 fully saturated rings. The van der Waals surface area contributed by atoms with Gasteiger partial charge in [0.2, 0.25) is 11.8 Å². The predicted molar refractivity (Wildman–Crippen MR) is 94.9 cm³/mol. The van der Waals surface area contributed by atoms with Crippen molar-refractivity contribution in [2.45, 2.75) is 12.5 Å². The number of rotatable bonds is 3. The summed E-state index contributed by atoms with van der Waals surface area (Å²) >= 11 is 0. The van der Waals surface area contributed by atoms with Gasteiger partial charge in [0.1, 0.15) is 17.7 Å². The number of halogens is 4. The molecule has 0 saturated heterocycles. The highest BCUT2D eigenvalue weighted by atomic mass is 19.2. The van der Waals surface area contributed by atoms with Crippen LogP contribution in [-0.4, -0.2) is 21.6 Å². The molecule has 2 heterocycles. The van der Waals surface area contributed by atoms with E-state index in [-0.39, 0.29) is 17.9 Å². The maximum Gasteiger partial charge on any atom is 0.249 e. The Morgan fingerprint density at radius 2 is 1.76 bits per heavy atom. The number of hydrogen-bond donors (Lipinski definition) is 2. The van der Waals surface area contributed by atoms with Gasteiger partial charge in [-0.05, 0) is 17.7 Å². The average Bonchev–Trinajstić information content (AvgIpc) is 3.09. The fourth-order valence-electron chi connectivity index (χ4n) is 3.07. The summed E-state index contributed by atoms with van der Waals surface area (Å²) in [6, 6.07) is 5.63. The van der Waals surface area contributed by atoms with Crippen molar-refractivity contribution in [1.29, 1.82) is 0 Å². The number of amides is 2. The minimum Gasteiger partial charge on any atom is -0.324 e. The Labute approximate surface area is 161 Å². The normalized spacial score (nSPS) is 15.6. The van der Waals surface area contributed by atoms with E-state index in [2.05, 4.69) is 15.7 Å². The van der Waals surface area contributed by atoms with Gasteiger partial charge in [0.25, 0.3) is 0 Å². The third-order valence-corrected chi connectivity index (χ3v) is 4.44. The highest BCUT2D eigenvalue weighted by Crippen LogP contribution is 2.34. The first-order valence-electron chi connectivity index (χ1n) is 8.42. The van der Waals surface area contributed by atoms with Crippen LogP contribution in [0.1, 0.15) is 12.5 Å². The van der Waals surface area contributed by atoms with Gasteiger partial charge in [0.05, 0.1) is 12.6 Å². The van der Waals surface area contributed by atoms with Crippen molar-refractivity contribution in [3.63, 3.8) is 0 Å². The van der Waals surface area contributed by atoms with Crippen molar-refractivity contribution in [2.75, 3.05) is 10.6 Å². The molecule has 2 aromatic carbocycles. The van der Waals surface area contributed by atoms with Crippen LogP contribution in [0, 0.1) is 23.3 Å². The first kappa shape index (κ1) is 18.7. The standard InChI is InChI=1S/C19H12F4N4O2/c20-10-3-1-9(2-4-10)12-8-24-27-15(7-16(28)26-18(12)27)19(29)25-11-5-13(21)17(23)14(22)6-11/h1-6,8,15H,7H2,(H,25,29)(H,26,28)/t15-/m1/s1. The van der Waals surface area contributed by atoms with Gasteiger partial charge >= 0.3 is 0 Å². The maximum atomic E-state index is 13.4. The molecule has 0 bridgehead atoms. The number of hydrogen-bond acceptors (Lipinski definition) is 3. The van der Waals surface area contributed by atoms with E-state index in [1.165, 1.54) is 35.1 Å². The van der Waals surface area contributed by atoms with Gasteiger partial charge in [0, 0.05) is 23.4 Å². The first-order valence-corrected chi connectivity index (χ1v) is 8.42. The van der Waals surface area contributed by atoms with E-state index in [9.17, 15) is 27.2 Å². The summed E-state index contributed by atoms with van der Waals surface area (Å²) in [5.41, 5.74) is 0.733. The van der Waals surface area contributed by atoms with E-state index in [1.54, 1.807) is 0 Å². The highest BCUT2D eigenvalue weighted by Gasteiger charge is 2.33. The van der Waals surface area contributed by atoms with Crippen LogP contribution < -0.4 is 10.6 Å². The number of aromatic nitrogens is 2. The fraction of sp³-hybridized carbons (Fsp3) is 0.105. The number of carbonyl (C=O) groups is 2. The summed E-state index contributed by atoms with van der Waals surface area (Å²) in [6.45, 7) is 0. The molecule has 6 nitrogen and oxygen atoms in total. The molecule has 0 spiro atoms. The third kappa shape index (κ3) is 3.44. The quantitative estimate of drug-likeness (QED) is 0.517. The van der Waals surface area contributed by atoms with Gasteiger partial charge in [-0.15, -0.1) is 0 Å². The Balaban J connectivity index is 1.66. The summed E-state index contributed by atoms with van der Waals surface area (Å²) in [5, 5.41) is 9.00. The molecule has 2 N–H and O–H groups in total. The van der Waals surface area contributed by atoms with Crippen LogP contribution in [0.2, 0.25) is 0 Å². The monoisotopic (exact) mass is 404 g/mol. The third-order valence-electron chi connectivity index (χ3n) is 4.44. The van der Waals surface area contributed by atoms with E-state index in [4.69, 9.17) is 0 Å². The molecular formula is C19H12F4N4O2. The molecule has 148 valence electrons. The van der Waals surface area contributed by atoms with E-state index in [0.717, 1.165) is 0 Å². The average molecular weight is 404 g/mol. The van der Waals surface area contributed by atoms with Crippen molar-refractivity contribution in [3.8, 4) is 11.1 Å². The summed E-state index contributed by atoms with van der Waals surface area (Å²) in [5.74, 6) is -6.02. The van der Waals surface area contributed by atoms with Crippen molar-refractivity contribution < 1.29 is 27.2 Å². The minimum atomic E-state index is -1.65. The van der Waals surface area contributed by atoms with Gasteiger partial charge < -0.3 is 10.6 Å². The first-order chi connectivity index (χ1) is 13.8. The second kappa shape index (κ2) is 7.04. The molecular weight excluding hydrogens is 392 g/mol. The lowest BCUT2D eigenvalue weighted by molar-refractivity contribution is -0.125. The van der Waals surface area contributed by atoms with Crippen molar-refractivity contribution >= 4 is 23.3 Å². The lowest BCUT2D eigenvalue weighted by atomic mass is 10.1. The number of anilines is 2. The van der Waals surface area contributed by atoms with Crippen molar-refractivity contribution in [1.82, 2.24) is 9.78 Å². The van der Waals surface area contributed by atoms with Gasteiger partial charge in [-0.25, -0.2) is 22.2 Å². The maximum absolute atomic E-state index is 13.4. The van der Waals surface area contributed by atoms with Crippen LogP contribution in [0.25, 0.3) is 11.1 Å². The molecule has 1 aliphatic rings. The second-order valence-electron chi connectivity index (χ2n) is 6.37. The smallest absolute Gasteiger partial charge is 0.249 e. The zero-order chi connectivity index (χ0) is 20.7. The molecule has 0 aliphatic carbocycles. The van der Waals surface area contributed by atoms with E-state index < -0.39 is 41.1 Å². The molecule has 3 aromatic rings. The largest absolute Gasteiger partial charge is 0.324 e. The number of nitrogens with zero attached hydrogens (tertiary/aromatic N) is 2. The SMILES string of the molecule is O=C1C[C@H](C(=O)Nc2cc(F)c(F)c(F)c2)n2ncc(-c3ccc(F)cc3)c2N1. The Bertz CT molecular complexity index is 1100. The summed E-state index contributed by atoms with van der Waals surface area (Å²) in [7, 11) is 0. The van der Waals surface area contributed by atoms with Crippen LogP contribution >= 0.6 is 0 Å². The lowest BCUT2D eigenvalue weighted by Gasteiger charge is -2.24. The Hall–Kier alpha value is -3.69. The number of nitrogens with one attached hydrogen (secondary N) is 2. The molecule has 0 radical (unpaired) electrons. The Kier molecular flexibility index (Phi) is 4.53. The highest BCUT2D eigenvalue weighted by molar-refractivity contribution is 6.03. The molecule has 0 saturated carbocycles. The summed E-state index contributed by atoms with van der Waals surface area (Å²) < 4.78 is 54.3. The number of benzene rings is 2. The topological polar surface area (TPSA) is 76.0 Å². The molecule has 10 heteroatoms. The Morgan fingerprint density at radius 1 is 1.10 bits per heavy atom. The second-order valence-corrected chi connectivity index (χ2v) is 6.37. The number of carbonyl (C=O) groups excluding carboxylic acids is 2. The fourth-order valence-corrected chi connectivity index (χ4v) is 3.07. The van der Waals surface area contributed by atoms with Gasteiger partial charge in [-0.2, -0.15) is 5.10 Å². The van der Waals surface area contributed by atoms with Crippen molar-refractivity contribution in [3.05, 3.63) is 65.9 Å². The summed E-state index contributed by atoms with van der Waals surface area (Å²) in [6.07, 6.45) is 1.14. The van der Waals surface area contributed by atoms with Gasteiger partial charge in [-0.1, -0.05) is 12.1 Å². The van der Waals surface area contributed by atoms with Crippen LogP contribution in [0.4, 0.5) is 29.1 Å². The van der Waals surface area contributed by atoms with Gasteiger partial charge in [-0.3, -0.25) is 9.59 Å². The molecule has 29 heavy (non-hydrogen) atoms. The Morgan fingerprint density at radius 3 is 2.41 bits per heavy atom. The summed E-state index contributed by atoms with van der Waals surface area (Å²) in [4.78, 5) is 24.8. The van der Waals surface area contributed by atoms with Crippen LogP contribution in [0.15, 0.2) is 42.6 Å². The molecule has 1 atom stereocenters. The molecule has 1 aliphatic heterocycles. The van der Waals surface area contributed by atoms with Crippen molar-refractivity contribution in [2.24, 2.45) is 0 Å². The molecule has 1 aromatic heterocycles. The van der Waals surface area contributed by atoms with Gasteiger partial charge in [0.15, 0.2) is 17.5 Å². The van der Waals surface area contributed by atoms with E-state index >= 15 is 0 Å². The van der Waals surface area contributed by atoms with Crippen LogP contribution in [0.3, 0.4) is 0 Å². The molecule has 4 rings (SSSR count). The zero-order valence-corrected chi connectivity index (χ0v) is 14.5. The zero-order valence-electron chi connectivity index (χ0n) is 14.5. The van der Waals surface area contributed by atoms with E-state index in [0.29, 0.717) is 23.3 Å². The molecule has 0 unspecified atom stereocenters.